The van der Waals surface area contributed by atoms with Gasteiger partial charge in [0.2, 0.25) is 0 Å². The van der Waals surface area contributed by atoms with Gasteiger partial charge in [0.15, 0.2) is 0 Å². The van der Waals surface area contributed by atoms with Gasteiger partial charge in [-0.25, -0.2) is 4.98 Å². The van der Waals surface area contributed by atoms with Gasteiger partial charge in [-0.3, -0.25) is 5.01 Å². The first-order valence-electron chi connectivity index (χ1n) is 11.4. The van der Waals surface area contributed by atoms with Gasteiger partial charge in [-0.1, -0.05) is 36.4 Å². The molecule has 2 aliphatic rings. The van der Waals surface area contributed by atoms with Gasteiger partial charge < -0.3 is 20.1 Å². The number of aromatic amines is 1. The van der Waals surface area contributed by atoms with Gasteiger partial charge in [0, 0.05) is 25.7 Å². The van der Waals surface area contributed by atoms with E-state index in [0.717, 1.165) is 40.8 Å². The van der Waals surface area contributed by atoms with Gasteiger partial charge in [-0.2, -0.15) is 5.10 Å². The number of halogens is 3. The Morgan fingerprint density at radius 3 is 2.22 bits per heavy atom. The summed E-state index contributed by atoms with van der Waals surface area (Å²) in [4.78, 5) is 8.10. The van der Waals surface area contributed by atoms with E-state index >= 15 is 0 Å². The maximum absolute atomic E-state index is 12.4. The van der Waals surface area contributed by atoms with Crippen LogP contribution in [0.5, 0.6) is 5.75 Å². The lowest BCUT2D eigenvalue weighted by Gasteiger charge is -2.19. The number of benzene rings is 3. The quantitative estimate of drug-likeness (QED) is 0.390. The number of H-pyrrole nitrogens is 1. The number of aromatic nitrogens is 2. The first-order valence-corrected chi connectivity index (χ1v) is 11.4. The van der Waals surface area contributed by atoms with Crippen molar-refractivity contribution in [3.8, 4) is 16.9 Å². The number of hydrogen-bond acceptors (Lipinski definition) is 6. The second-order valence-corrected chi connectivity index (χ2v) is 8.96. The number of imidazole rings is 1. The number of ether oxygens (including phenoxy) is 1. The van der Waals surface area contributed by atoms with Crippen molar-refractivity contribution < 1.29 is 23.0 Å². The fourth-order valence-electron chi connectivity index (χ4n) is 4.85. The zero-order valence-corrected chi connectivity index (χ0v) is 19.2. The van der Waals surface area contributed by atoms with Crippen LogP contribution in [0.25, 0.3) is 22.2 Å². The van der Waals surface area contributed by atoms with Crippen LogP contribution < -0.4 is 10.1 Å². The Bertz CT molecular complexity index is 1420. The third-order valence-electron chi connectivity index (χ3n) is 6.58. The number of aliphatic hydroxyl groups excluding tert-OH is 1. The van der Waals surface area contributed by atoms with Gasteiger partial charge in [0.25, 0.3) is 0 Å². The number of alkyl halides is 3. The summed E-state index contributed by atoms with van der Waals surface area (Å²) >= 11 is 0. The molecule has 2 atom stereocenters. The number of likely N-dealkylation sites (N-methyl/N-ethyl adjacent to an activating group) is 1. The molecule has 0 saturated heterocycles. The molecule has 0 amide bonds. The summed E-state index contributed by atoms with van der Waals surface area (Å²) in [5, 5.41) is 20.8. The predicted octanol–water partition coefficient (Wildman–Crippen LogP) is 4.48. The standard InChI is InChI=1S/C26H22F3N5O2/c1-34-23(25-31-20-10-17-12-30-13-18(17)11-21(20)32-25)24(35)22(33-34)16-4-2-14(3-5-16)15-6-8-19(9-7-15)36-26(27,28)29/h2-11,23-24,30,35H,12-13H2,1H3,(H,31,32). The van der Waals surface area contributed by atoms with E-state index in [-0.39, 0.29) is 5.75 Å². The third kappa shape index (κ3) is 4.08. The molecular formula is C26H22F3N5O2. The second-order valence-electron chi connectivity index (χ2n) is 8.96. The fraction of sp³-hybridized carbons (Fsp3) is 0.231. The molecule has 0 radical (unpaired) electrons. The van der Waals surface area contributed by atoms with Crippen molar-refractivity contribution in [3.05, 3.63) is 83.2 Å². The Morgan fingerprint density at radius 2 is 1.56 bits per heavy atom. The first-order chi connectivity index (χ1) is 17.2. The average molecular weight is 493 g/mol. The monoisotopic (exact) mass is 493 g/mol. The lowest BCUT2D eigenvalue weighted by Crippen LogP contribution is -2.29. The lowest BCUT2D eigenvalue weighted by atomic mass is 9.98. The molecular weight excluding hydrogens is 471 g/mol. The molecule has 2 aliphatic heterocycles. The van der Waals surface area contributed by atoms with E-state index in [0.29, 0.717) is 11.5 Å². The van der Waals surface area contributed by atoms with E-state index in [4.69, 9.17) is 4.98 Å². The van der Waals surface area contributed by atoms with E-state index < -0.39 is 18.5 Å². The fourth-order valence-corrected chi connectivity index (χ4v) is 4.85. The second kappa shape index (κ2) is 8.35. The summed E-state index contributed by atoms with van der Waals surface area (Å²) in [6.45, 7) is 1.66. The molecule has 0 spiro atoms. The minimum Gasteiger partial charge on any atom is -0.406 e. The topological polar surface area (TPSA) is 85.8 Å². The normalized spacial score (nSPS) is 19.6. The molecule has 6 rings (SSSR count). The van der Waals surface area contributed by atoms with Gasteiger partial charge >= 0.3 is 6.36 Å². The number of fused-ring (bicyclic) bond motifs is 2. The van der Waals surface area contributed by atoms with Crippen LogP contribution in [0.3, 0.4) is 0 Å². The molecule has 0 aliphatic carbocycles. The number of hydrogen-bond donors (Lipinski definition) is 3. The first kappa shape index (κ1) is 22.6. The largest absolute Gasteiger partial charge is 0.573 e. The summed E-state index contributed by atoms with van der Waals surface area (Å²) in [5.74, 6) is 0.375. The van der Waals surface area contributed by atoms with Gasteiger partial charge in [0.1, 0.15) is 23.7 Å². The predicted molar refractivity (Wildman–Crippen MR) is 128 cm³/mol. The van der Waals surface area contributed by atoms with Crippen molar-refractivity contribution in [3.63, 3.8) is 0 Å². The summed E-state index contributed by atoms with van der Waals surface area (Å²) in [5.41, 5.74) is 7.10. The minimum absolute atomic E-state index is 0.271. The van der Waals surface area contributed by atoms with E-state index in [9.17, 15) is 18.3 Å². The highest BCUT2D eigenvalue weighted by Crippen LogP contribution is 2.33. The van der Waals surface area contributed by atoms with Gasteiger partial charge in [-0.15, -0.1) is 13.2 Å². The van der Waals surface area contributed by atoms with Crippen LogP contribution in [-0.2, 0) is 13.1 Å². The Kier molecular flexibility index (Phi) is 5.24. The highest BCUT2D eigenvalue weighted by molar-refractivity contribution is 6.05. The SMILES string of the molecule is CN1N=C(c2ccc(-c3ccc(OC(F)(F)F)cc3)cc2)C(O)C1c1nc2cc3c(cc2[nH]1)CNC3. The molecule has 36 heavy (non-hydrogen) atoms. The molecule has 3 aromatic carbocycles. The lowest BCUT2D eigenvalue weighted by molar-refractivity contribution is -0.274. The molecule has 7 nitrogen and oxygen atoms in total. The number of aliphatic hydroxyl groups is 1. The molecule has 0 saturated carbocycles. The number of nitrogens with one attached hydrogen (secondary N) is 2. The Labute approximate surface area is 204 Å². The summed E-state index contributed by atoms with van der Waals surface area (Å²) in [6, 6.07) is 16.8. The van der Waals surface area contributed by atoms with Crippen molar-refractivity contribution in [2.75, 3.05) is 7.05 Å². The molecule has 3 N–H and O–H groups in total. The van der Waals surface area contributed by atoms with E-state index in [1.807, 2.05) is 24.3 Å². The molecule has 4 aromatic rings. The van der Waals surface area contributed by atoms with E-state index in [1.165, 1.54) is 23.3 Å². The number of nitrogens with zero attached hydrogens (tertiary/aromatic N) is 3. The zero-order valence-electron chi connectivity index (χ0n) is 19.2. The third-order valence-corrected chi connectivity index (χ3v) is 6.58. The van der Waals surface area contributed by atoms with Gasteiger partial charge in [-0.05, 0) is 46.5 Å². The highest BCUT2D eigenvalue weighted by atomic mass is 19.4. The summed E-state index contributed by atoms with van der Waals surface area (Å²) < 4.78 is 41.1. The zero-order chi connectivity index (χ0) is 25.0. The average Bonchev–Trinajstić information content (AvgIpc) is 3.53. The van der Waals surface area contributed by atoms with Crippen LogP contribution in [0.2, 0.25) is 0 Å². The molecule has 1 aromatic heterocycles. The van der Waals surface area contributed by atoms with Crippen LogP contribution in [0.15, 0.2) is 65.8 Å². The summed E-state index contributed by atoms with van der Waals surface area (Å²) in [6.07, 6.45) is -5.62. The Hall–Kier alpha value is -3.89. The molecule has 0 fully saturated rings. The van der Waals surface area contributed by atoms with Crippen LogP contribution in [0.1, 0.15) is 28.6 Å². The highest BCUT2D eigenvalue weighted by Gasteiger charge is 2.38. The number of hydrazone groups is 1. The minimum atomic E-state index is -4.73. The van der Waals surface area contributed by atoms with Crippen LogP contribution >= 0.6 is 0 Å². The number of rotatable bonds is 4. The smallest absolute Gasteiger partial charge is 0.406 e. The van der Waals surface area contributed by atoms with Crippen LogP contribution in [0.4, 0.5) is 13.2 Å². The molecule has 10 heteroatoms. The maximum Gasteiger partial charge on any atom is 0.573 e. The van der Waals surface area contributed by atoms with Crippen molar-refractivity contribution in [2.24, 2.45) is 5.10 Å². The molecule has 3 heterocycles. The Balaban J connectivity index is 1.21. The van der Waals surface area contributed by atoms with Crippen molar-refractivity contribution in [1.29, 1.82) is 0 Å². The van der Waals surface area contributed by atoms with Crippen molar-refractivity contribution in [1.82, 2.24) is 20.3 Å². The van der Waals surface area contributed by atoms with Crippen LogP contribution in [0, 0.1) is 0 Å². The Morgan fingerprint density at radius 1 is 0.944 bits per heavy atom. The molecule has 2 unspecified atom stereocenters. The summed E-state index contributed by atoms with van der Waals surface area (Å²) in [7, 11) is 1.80. The maximum atomic E-state index is 12.4. The van der Waals surface area contributed by atoms with Crippen molar-refractivity contribution >= 4 is 16.7 Å². The van der Waals surface area contributed by atoms with Gasteiger partial charge in [0.05, 0.1) is 16.7 Å². The molecule has 184 valence electrons. The van der Waals surface area contributed by atoms with E-state index in [2.05, 4.69) is 32.3 Å². The molecule has 0 bridgehead atoms. The van der Waals surface area contributed by atoms with Crippen molar-refractivity contribution in [2.45, 2.75) is 31.6 Å². The van der Waals surface area contributed by atoms with Crippen LogP contribution in [-0.4, -0.2) is 45.3 Å². The van der Waals surface area contributed by atoms with E-state index in [1.54, 1.807) is 24.2 Å².